The lowest BCUT2D eigenvalue weighted by Crippen LogP contribution is -2.18. The lowest BCUT2D eigenvalue weighted by Gasteiger charge is -2.10. The van der Waals surface area contributed by atoms with Gasteiger partial charge in [0.15, 0.2) is 11.5 Å². The Morgan fingerprint density at radius 1 is 1.08 bits per heavy atom. The Balaban J connectivity index is 1.99. The molecule has 2 N–H and O–H groups in total. The summed E-state index contributed by atoms with van der Waals surface area (Å²) in [6.45, 7) is 0. The van der Waals surface area contributed by atoms with E-state index in [2.05, 4.69) is 15.3 Å². The molecule has 1 amide bonds. The van der Waals surface area contributed by atoms with Crippen LogP contribution in [0.1, 0.15) is 10.4 Å². The van der Waals surface area contributed by atoms with Crippen molar-refractivity contribution in [1.82, 2.24) is 9.97 Å². The van der Waals surface area contributed by atoms with Crippen molar-refractivity contribution in [1.29, 1.82) is 0 Å². The third-order valence-electron chi connectivity index (χ3n) is 3.63. The van der Waals surface area contributed by atoms with Gasteiger partial charge < -0.3 is 14.5 Å². The number of hydrogen-bond donors (Lipinski definition) is 2. The minimum atomic E-state index is -0.524. The molecule has 0 aliphatic carbocycles. The van der Waals surface area contributed by atoms with E-state index < -0.39 is 11.5 Å². The molecule has 134 valence electrons. The summed E-state index contributed by atoms with van der Waals surface area (Å²) in [6, 6.07) is 7.55. The number of nitrogens with one attached hydrogen (secondary N) is 2. The molecule has 0 fully saturated rings. The molecule has 1 heterocycles. The predicted octanol–water partition coefficient (Wildman–Crippen LogP) is 3.50. The van der Waals surface area contributed by atoms with Crippen LogP contribution < -0.4 is 20.3 Å². The smallest absolute Gasteiger partial charge is 0.282 e. The topological polar surface area (TPSA) is 93.3 Å². The van der Waals surface area contributed by atoms with Gasteiger partial charge in [-0.05, 0) is 24.3 Å². The first-order valence-electron chi connectivity index (χ1n) is 7.35. The number of aromatic nitrogens is 2. The molecule has 9 heteroatoms. The van der Waals surface area contributed by atoms with Crippen LogP contribution in [0, 0.1) is 0 Å². The van der Waals surface area contributed by atoms with Gasteiger partial charge in [-0.2, -0.15) is 4.98 Å². The van der Waals surface area contributed by atoms with E-state index in [4.69, 9.17) is 32.7 Å². The van der Waals surface area contributed by atoms with Crippen LogP contribution in [0.25, 0.3) is 10.9 Å². The molecular formula is C17H13Cl2N3O4. The van der Waals surface area contributed by atoms with Crippen LogP contribution in [-0.4, -0.2) is 30.1 Å². The molecule has 0 unspecified atom stereocenters. The Bertz CT molecular complexity index is 1070. The number of hydrogen-bond acceptors (Lipinski definition) is 5. The predicted molar refractivity (Wildman–Crippen MR) is 99.9 cm³/mol. The van der Waals surface area contributed by atoms with Gasteiger partial charge >= 0.3 is 0 Å². The van der Waals surface area contributed by atoms with E-state index in [0.717, 1.165) is 0 Å². The van der Waals surface area contributed by atoms with Gasteiger partial charge in [-0.25, -0.2) is 0 Å². The summed E-state index contributed by atoms with van der Waals surface area (Å²) < 4.78 is 10.4. The molecule has 3 aromatic rings. The van der Waals surface area contributed by atoms with E-state index in [-0.39, 0.29) is 16.5 Å². The fourth-order valence-electron chi connectivity index (χ4n) is 2.35. The maximum Gasteiger partial charge on any atom is 0.282 e. The largest absolute Gasteiger partial charge is 0.493 e. The number of halogens is 2. The van der Waals surface area contributed by atoms with Gasteiger partial charge in [0, 0.05) is 11.6 Å². The van der Waals surface area contributed by atoms with Crippen LogP contribution in [-0.2, 0) is 0 Å². The Morgan fingerprint density at radius 2 is 1.77 bits per heavy atom. The van der Waals surface area contributed by atoms with Crippen molar-refractivity contribution in [2.75, 3.05) is 19.5 Å². The maximum atomic E-state index is 12.3. The van der Waals surface area contributed by atoms with E-state index in [9.17, 15) is 9.59 Å². The average molecular weight is 394 g/mol. The van der Waals surface area contributed by atoms with Crippen LogP contribution in [0.4, 0.5) is 5.95 Å². The zero-order chi connectivity index (χ0) is 18.8. The van der Waals surface area contributed by atoms with Crippen molar-refractivity contribution in [2.45, 2.75) is 0 Å². The second-order valence-electron chi connectivity index (χ2n) is 5.23. The van der Waals surface area contributed by atoms with E-state index in [1.165, 1.54) is 38.5 Å². The number of benzene rings is 2. The van der Waals surface area contributed by atoms with Crippen molar-refractivity contribution < 1.29 is 14.3 Å². The number of nitrogens with zero attached hydrogens (tertiary/aromatic N) is 1. The molecule has 0 saturated carbocycles. The van der Waals surface area contributed by atoms with Crippen LogP contribution in [0.3, 0.4) is 0 Å². The summed E-state index contributed by atoms with van der Waals surface area (Å²) in [5.41, 5.74) is 0.186. The number of carbonyl (C=O) groups is 1. The van der Waals surface area contributed by atoms with Gasteiger partial charge in [-0.1, -0.05) is 23.2 Å². The SMILES string of the molecule is COc1cc2[nH]c(NC(=O)c3ccc(Cl)c(Cl)c3)nc(=O)c2cc1OC. The molecule has 1 aromatic heterocycles. The third-order valence-corrected chi connectivity index (χ3v) is 4.37. The van der Waals surface area contributed by atoms with E-state index in [0.29, 0.717) is 27.4 Å². The highest BCUT2D eigenvalue weighted by Crippen LogP contribution is 2.30. The minimum absolute atomic E-state index is 0.00853. The molecule has 0 radical (unpaired) electrons. The number of rotatable bonds is 4. The summed E-state index contributed by atoms with van der Waals surface area (Å²) in [5, 5.41) is 3.41. The lowest BCUT2D eigenvalue weighted by atomic mass is 10.2. The molecule has 0 aliphatic heterocycles. The molecule has 7 nitrogen and oxygen atoms in total. The van der Waals surface area contributed by atoms with Crippen LogP contribution in [0.2, 0.25) is 10.0 Å². The van der Waals surface area contributed by atoms with Crippen molar-refractivity contribution in [2.24, 2.45) is 0 Å². The Labute approximate surface area is 157 Å². The Morgan fingerprint density at radius 3 is 2.42 bits per heavy atom. The highest BCUT2D eigenvalue weighted by Gasteiger charge is 2.13. The number of methoxy groups -OCH3 is 2. The number of H-pyrrole nitrogens is 1. The number of aromatic amines is 1. The number of anilines is 1. The van der Waals surface area contributed by atoms with Crippen LogP contribution >= 0.6 is 23.2 Å². The second kappa shape index (κ2) is 7.23. The van der Waals surface area contributed by atoms with Crippen molar-refractivity contribution in [3.05, 3.63) is 56.3 Å². The molecule has 26 heavy (non-hydrogen) atoms. The summed E-state index contributed by atoms with van der Waals surface area (Å²) >= 11 is 11.8. The zero-order valence-corrected chi connectivity index (χ0v) is 15.2. The maximum absolute atomic E-state index is 12.3. The zero-order valence-electron chi connectivity index (χ0n) is 13.7. The lowest BCUT2D eigenvalue weighted by molar-refractivity contribution is 0.102. The van der Waals surface area contributed by atoms with Gasteiger partial charge in [0.25, 0.3) is 11.5 Å². The fraction of sp³-hybridized carbons (Fsp3) is 0.118. The van der Waals surface area contributed by atoms with Gasteiger partial charge in [0.2, 0.25) is 5.95 Å². The van der Waals surface area contributed by atoms with Crippen LogP contribution in [0.15, 0.2) is 35.1 Å². The Hall–Kier alpha value is -2.77. The van der Waals surface area contributed by atoms with Crippen molar-refractivity contribution in [3.63, 3.8) is 0 Å². The average Bonchev–Trinajstić information content (AvgIpc) is 2.62. The van der Waals surface area contributed by atoms with E-state index in [1.54, 1.807) is 6.07 Å². The van der Waals surface area contributed by atoms with Crippen LogP contribution in [0.5, 0.6) is 11.5 Å². The highest BCUT2D eigenvalue weighted by atomic mass is 35.5. The summed E-state index contributed by atoms with van der Waals surface area (Å²) in [6.07, 6.45) is 0. The molecule has 0 atom stereocenters. The highest BCUT2D eigenvalue weighted by molar-refractivity contribution is 6.42. The van der Waals surface area contributed by atoms with Gasteiger partial charge in [-0.3, -0.25) is 14.9 Å². The molecule has 0 spiro atoms. The molecule has 0 saturated heterocycles. The number of ether oxygens (including phenoxy) is 2. The van der Waals surface area contributed by atoms with Gasteiger partial charge in [-0.15, -0.1) is 0 Å². The molecule has 0 bridgehead atoms. The summed E-state index contributed by atoms with van der Waals surface area (Å²) in [5.74, 6) is 0.334. The number of amides is 1. The molecule has 2 aromatic carbocycles. The first-order valence-corrected chi connectivity index (χ1v) is 8.11. The Kier molecular flexibility index (Phi) is 5.01. The fourth-order valence-corrected chi connectivity index (χ4v) is 2.65. The summed E-state index contributed by atoms with van der Waals surface area (Å²) in [7, 11) is 2.95. The van der Waals surface area contributed by atoms with E-state index >= 15 is 0 Å². The summed E-state index contributed by atoms with van der Waals surface area (Å²) in [4.78, 5) is 31.3. The number of carbonyl (C=O) groups excluding carboxylic acids is 1. The minimum Gasteiger partial charge on any atom is -0.493 e. The van der Waals surface area contributed by atoms with E-state index in [1.807, 2.05) is 0 Å². The first-order chi connectivity index (χ1) is 12.4. The molecule has 3 rings (SSSR count). The molecular weight excluding hydrogens is 381 g/mol. The van der Waals surface area contributed by atoms with Gasteiger partial charge in [0.05, 0.1) is 35.2 Å². The number of fused-ring (bicyclic) bond motifs is 1. The second-order valence-corrected chi connectivity index (χ2v) is 6.04. The molecule has 0 aliphatic rings. The normalized spacial score (nSPS) is 10.6. The third kappa shape index (κ3) is 3.44. The quantitative estimate of drug-likeness (QED) is 0.707. The first kappa shape index (κ1) is 18.0. The standard InChI is InChI=1S/C17H13Cl2N3O4/c1-25-13-6-9-12(7-14(13)26-2)20-17(22-16(9)24)21-15(23)8-3-4-10(18)11(19)5-8/h3-7H,1-2H3,(H2,20,21,22,23,24). The van der Waals surface area contributed by atoms with Crippen molar-refractivity contribution >= 4 is 46.0 Å². The monoisotopic (exact) mass is 393 g/mol. The van der Waals surface area contributed by atoms with Crippen molar-refractivity contribution in [3.8, 4) is 11.5 Å². The van der Waals surface area contributed by atoms with Gasteiger partial charge in [0.1, 0.15) is 0 Å².